The molecule has 1 aliphatic heterocycles. The molecule has 1 N–H and O–H groups in total. The average molecular weight is 339 g/mol. The predicted molar refractivity (Wildman–Crippen MR) is 92.6 cm³/mol. The van der Waals surface area contributed by atoms with E-state index in [1.165, 1.54) is 6.92 Å². The van der Waals surface area contributed by atoms with Gasteiger partial charge >= 0.3 is 5.91 Å². The maximum atomic E-state index is 13.0. The number of nitrogens with zero attached hydrogens (tertiary/aromatic N) is 5. The first kappa shape index (κ1) is 6.71. The van der Waals surface area contributed by atoms with E-state index in [0.717, 1.165) is 13.4 Å². The maximum absolute atomic E-state index is 13.0. The van der Waals surface area contributed by atoms with E-state index in [4.69, 9.17) is 23.0 Å². The Morgan fingerprint density at radius 2 is 2.62 bits per heavy atom. The lowest BCUT2D eigenvalue weighted by atomic mass is 9.92. The number of fused-ring (bicyclic) bond motifs is 1. The van der Waals surface area contributed by atoms with Gasteiger partial charge in [0.25, 0.3) is 6.50 Å². The van der Waals surface area contributed by atoms with Gasteiger partial charge in [-0.1, -0.05) is 6.85 Å². The van der Waals surface area contributed by atoms with Crippen LogP contribution in [-0.2, 0) is 4.79 Å². The lowest BCUT2D eigenvalue weighted by molar-refractivity contribution is -0.130. The van der Waals surface area contributed by atoms with Crippen LogP contribution in [0.2, 0.25) is 0 Å². The molecule has 0 spiro atoms. The van der Waals surface area contributed by atoms with E-state index in [-0.39, 0.29) is 22.8 Å². The highest BCUT2D eigenvalue weighted by Gasteiger charge is 2.33. The van der Waals surface area contributed by atoms with Crippen molar-refractivity contribution in [1.82, 2.24) is 19.9 Å². The molecular weight excluding hydrogens is 304 g/mol. The second-order valence-corrected chi connectivity index (χ2v) is 4.91. The number of likely N-dealkylation sites (tertiary alicyclic amines) is 1. The van der Waals surface area contributed by atoms with E-state index < -0.39 is 61.3 Å². The first-order chi connectivity index (χ1) is 16.5. The number of aromatic amines is 1. The number of aryl methyl sites for hydroxylation is 1. The summed E-state index contributed by atoms with van der Waals surface area (Å²) in [6.45, 7) is -6.26. The van der Waals surface area contributed by atoms with Gasteiger partial charge < -0.3 is 19.6 Å². The second-order valence-electron chi connectivity index (χ2n) is 4.91. The van der Waals surface area contributed by atoms with Crippen LogP contribution in [0.15, 0.2) is 12.4 Å². The first-order valence-electron chi connectivity index (χ1n) is 13.3. The Bertz CT molecular complexity index is 1300. The van der Waals surface area contributed by atoms with Crippen LogP contribution in [0.25, 0.3) is 15.9 Å². The van der Waals surface area contributed by atoms with Gasteiger partial charge in [-0.25, -0.2) is 16.5 Å². The molecule has 3 rings (SSSR count). The lowest BCUT2D eigenvalue weighted by Crippen LogP contribution is -2.53. The summed E-state index contributed by atoms with van der Waals surface area (Å²) >= 11 is 0. The van der Waals surface area contributed by atoms with Crippen LogP contribution < -0.4 is 4.90 Å². The van der Waals surface area contributed by atoms with Crippen molar-refractivity contribution in [3.05, 3.63) is 29.5 Å². The van der Waals surface area contributed by atoms with Crippen LogP contribution in [0.5, 0.6) is 0 Å². The molecule has 1 amide bonds. The standard InChI is InChI=1S/C17H22N6O/c1-11-5-6-23(15(24)8-18-3)9-14(11)22(4)17-13-7-12(2)21-16(13)19-10-20-17/h7,10-11,14H,5-6,8-9H2,1-2,4H3,(H,19,20,21)/t11-,14+/m1/s1/i1D3,5D2,6D2,7D,8D2,9D2,14D. The van der Waals surface area contributed by atoms with Crippen LogP contribution in [0.4, 0.5) is 5.82 Å². The van der Waals surface area contributed by atoms with Crippen molar-refractivity contribution in [3.63, 3.8) is 0 Å². The SMILES string of the molecule is [2H]c1c(C)[nH]c2ncnc(N(C)[C@]3([2H])[C@H](C([2H])([2H])[2H])C([2H])([2H])C([2H])([2H])N(C(=O)C([2H])([2H])[N+]#[C-])C3([2H])[2H])c12. The fourth-order valence-electron chi connectivity index (χ4n) is 2.22. The van der Waals surface area contributed by atoms with Crippen molar-refractivity contribution < 1.29 is 22.6 Å². The van der Waals surface area contributed by atoms with E-state index in [2.05, 4.69) is 19.8 Å². The lowest BCUT2D eigenvalue weighted by Gasteiger charge is -2.41. The number of anilines is 1. The number of rotatable bonds is 3. The average Bonchev–Trinajstić information content (AvgIpc) is 3.04. The number of hydrogen-bond acceptors (Lipinski definition) is 4. The van der Waals surface area contributed by atoms with Gasteiger partial charge in [0.05, 0.1) is 16.9 Å². The fourth-order valence-corrected chi connectivity index (χ4v) is 2.22. The summed E-state index contributed by atoms with van der Waals surface area (Å²) in [6, 6.07) is -3.61. The summed E-state index contributed by atoms with van der Waals surface area (Å²) in [7, 11) is 0.969. The minimum absolute atomic E-state index is 0.0559. The smallest absolute Gasteiger partial charge is 0.302 e. The monoisotopic (exact) mass is 339 g/mol. The summed E-state index contributed by atoms with van der Waals surface area (Å²) in [5, 5.41) is -0.0854. The summed E-state index contributed by atoms with van der Waals surface area (Å²) < 4.78 is 108. The van der Waals surface area contributed by atoms with Crippen molar-refractivity contribution in [2.45, 2.75) is 26.2 Å². The highest BCUT2D eigenvalue weighted by molar-refractivity contribution is 5.88. The van der Waals surface area contributed by atoms with E-state index in [0.29, 0.717) is 4.90 Å². The van der Waals surface area contributed by atoms with Gasteiger partial charge in [-0.15, -0.1) is 0 Å². The molecule has 2 aromatic rings. The normalized spacial score (nSPS) is 39.3. The Morgan fingerprint density at radius 3 is 3.38 bits per heavy atom. The molecule has 0 radical (unpaired) electrons. The van der Waals surface area contributed by atoms with Crippen LogP contribution in [-0.4, -0.2) is 58.3 Å². The summed E-state index contributed by atoms with van der Waals surface area (Å²) in [5.74, 6) is -5.34. The zero-order valence-electron chi connectivity index (χ0n) is 25.8. The van der Waals surface area contributed by atoms with Crippen LogP contribution in [0.1, 0.15) is 36.7 Å². The van der Waals surface area contributed by atoms with Crippen molar-refractivity contribution in [2.24, 2.45) is 5.92 Å². The van der Waals surface area contributed by atoms with Crippen LogP contribution in [0, 0.1) is 19.4 Å². The van der Waals surface area contributed by atoms with Gasteiger partial charge in [0.15, 0.2) is 0 Å². The quantitative estimate of drug-likeness (QED) is 0.867. The number of amides is 1. The van der Waals surface area contributed by atoms with Crippen molar-refractivity contribution >= 4 is 22.8 Å². The minimum Gasteiger partial charge on any atom is -0.354 e. The van der Waals surface area contributed by atoms with Gasteiger partial charge in [-0.2, -0.15) is 0 Å². The molecule has 1 fully saturated rings. The number of carbonyl (C=O) groups is 1. The summed E-state index contributed by atoms with van der Waals surface area (Å²) in [6.07, 6.45) is -2.73. The largest absolute Gasteiger partial charge is 0.354 e. The van der Waals surface area contributed by atoms with E-state index in [1.807, 2.05) is 0 Å². The molecule has 0 unspecified atom stereocenters. The third-order valence-electron chi connectivity index (χ3n) is 3.30. The molecular formula is C17H22N6O. The molecule has 1 saturated heterocycles. The van der Waals surface area contributed by atoms with E-state index in [1.54, 1.807) is 0 Å². The molecule has 24 heavy (non-hydrogen) atoms. The number of carbonyl (C=O) groups excluding carboxylic acids is 1. The summed E-state index contributed by atoms with van der Waals surface area (Å²) in [4.78, 5) is 26.2. The highest BCUT2D eigenvalue weighted by Crippen LogP contribution is 2.29. The molecule has 0 saturated carbocycles. The minimum atomic E-state index is -3.83. The van der Waals surface area contributed by atoms with Crippen molar-refractivity contribution in [2.75, 3.05) is 31.4 Å². The van der Waals surface area contributed by atoms with Crippen molar-refractivity contribution in [1.29, 1.82) is 0 Å². The van der Waals surface area contributed by atoms with Gasteiger partial charge in [-0.3, -0.25) is 4.79 Å². The molecule has 0 bridgehead atoms. The Balaban J connectivity index is 2.46. The Morgan fingerprint density at radius 1 is 1.79 bits per heavy atom. The predicted octanol–water partition coefficient (Wildman–Crippen LogP) is 1.86. The Hall–Kier alpha value is -2.62. The maximum Gasteiger partial charge on any atom is 0.302 e. The molecule has 0 aromatic carbocycles. The molecule has 3 heterocycles. The molecule has 2 aromatic heterocycles. The van der Waals surface area contributed by atoms with E-state index in [9.17, 15) is 6.17 Å². The molecule has 7 nitrogen and oxygen atoms in total. The third-order valence-corrected chi connectivity index (χ3v) is 3.30. The molecule has 2 atom stereocenters. The van der Waals surface area contributed by atoms with Gasteiger partial charge in [-0.05, 0) is 25.3 Å². The van der Waals surface area contributed by atoms with Crippen LogP contribution in [0.3, 0.4) is 0 Å². The van der Waals surface area contributed by atoms with Gasteiger partial charge in [0, 0.05) is 35.3 Å². The van der Waals surface area contributed by atoms with Crippen molar-refractivity contribution in [3.8, 4) is 0 Å². The number of hydrogen-bond donors (Lipinski definition) is 1. The number of H-pyrrole nitrogens is 1. The third kappa shape index (κ3) is 2.92. The Kier molecular flexibility index (Phi) is 1.81. The molecule has 7 heteroatoms. The van der Waals surface area contributed by atoms with E-state index >= 15 is 0 Å². The Labute approximate surface area is 159 Å². The first-order valence-corrected chi connectivity index (χ1v) is 6.80. The fraction of sp³-hybridized carbons (Fsp3) is 0.529. The van der Waals surface area contributed by atoms with Crippen LogP contribution >= 0.6 is 0 Å². The zero-order valence-corrected chi connectivity index (χ0v) is 12.8. The molecule has 1 aliphatic rings. The zero-order chi connectivity index (χ0) is 28.7. The second kappa shape index (κ2) is 6.48. The number of nitrogens with one attached hydrogen (secondary N) is 1. The number of aromatic nitrogens is 3. The topological polar surface area (TPSA) is 69.5 Å². The molecule has 0 aliphatic carbocycles. The number of piperidine rings is 1. The van der Waals surface area contributed by atoms with Gasteiger partial charge in [0.1, 0.15) is 20.5 Å². The summed E-state index contributed by atoms with van der Waals surface area (Å²) in [5.41, 5.74) is 0.345. The van der Waals surface area contributed by atoms with Gasteiger partial charge in [0.2, 0.25) is 0 Å². The number of likely N-dealkylation sites (N-methyl/N-ethyl adjacent to an activating group) is 1. The highest BCUT2D eigenvalue weighted by atomic mass is 16.2. The molecule has 126 valence electrons.